The quantitative estimate of drug-likeness (QED) is 0.553. The maximum atomic E-state index is 13.8. The summed E-state index contributed by atoms with van der Waals surface area (Å²) in [6.07, 6.45) is -10.6. The van der Waals surface area contributed by atoms with Gasteiger partial charge >= 0.3 is 12.4 Å². The van der Waals surface area contributed by atoms with Crippen molar-refractivity contribution >= 4 is 16.6 Å². The summed E-state index contributed by atoms with van der Waals surface area (Å²) in [6, 6.07) is 3.57. The number of pyridine rings is 1. The zero-order valence-electron chi connectivity index (χ0n) is 16.9. The Morgan fingerprint density at radius 1 is 1.20 bits per heavy atom. The lowest BCUT2D eigenvalue weighted by Crippen LogP contribution is -2.55. The van der Waals surface area contributed by atoms with Gasteiger partial charge in [-0.3, -0.25) is 0 Å². The predicted molar refractivity (Wildman–Crippen MR) is 100 cm³/mol. The minimum absolute atomic E-state index is 0.00700. The van der Waals surface area contributed by atoms with Crippen molar-refractivity contribution in [2.45, 2.75) is 57.6 Å². The van der Waals surface area contributed by atoms with Gasteiger partial charge in [0.15, 0.2) is 5.75 Å². The molecule has 0 aliphatic carbocycles. The number of anilines is 1. The smallest absolute Gasteiger partial charge is 0.417 e. The Labute approximate surface area is 169 Å². The van der Waals surface area contributed by atoms with Crippen LogP contribution in [0.2, 0.25) is 0 Å². The number of hydrogen-bond donors (Lipinski definition) is 0. The first-order valence-corrected chi connectivity index (χ1v) is 9.42. The number of benzene rings is 1. The Balaban J connectivity index is 2.21. The summed E-state index contributed by atoms with van der Waals surface area (Å²) in [6.45, 7) is 4.52. The predicted octanol–water partition coefficient (Wildman–Crippen LogP) is 5.97. The number of alkyl halides is 6. The lowest BCUT2D eigenvalue weighted by molar-refractivity contribution is -0.151. The molecule has 3 rings (SSSR count). The third-order valence-corrected chi connectivity index (χ3v) is 5.29. The van der Waals surface area contributed by atoms with Crippen LogP contribution in [0.3, 0.4) is 0 Å². The summed E-state index contributed by atoms with van der Waals surface area (Å²) in [4.78, 5) is 5.51. The number of aromatic nitrogens is 1. The highest BCUT2D eigenvalue weighted by Crippen LogP contribution is 2.49. The van der Waals surface area contributed by atoms with Gasteiger partial charge in [0.2, 0.25) is 5.88 Å². The molecule has 0 saturated heterocycles. The molecule has 1 aliphatic heterocycles. The molecule has 1 aliphatic rings. The lowest BCUT2D eigenvalue weighted by Gasteiger charge is -2.47. The largest absolute Gasteiger partial charge is 0.488 e. The summed E-state index contributed by atoms with van der Waals surface area (Å²) in [5.41, 5.74) is -2.27. The average Bonchev–Trinajstić information content (AvgIpc) is 2.60. The highest BCUT2D eigenvalue weighted by atomic mass is 19.4. The van der Waals surface area contributed by atoms with Gasteiger partial charge in [-0.1, -0.05) is 6.92 Å². The molecule has 1 atom stereocenters. The Kier molecular flexibility index (Phi) is 5.49. The van der Waals surface area contributed by atoms with Crippen LogP contribution < -0.4 is 14.4 Å². The second kappa shape index (κ2) is 7.39. The zero-order chi connectivity index (χ0) is 22.5. The van der Waals surface area contributed by atoms with Gasteiger partial charge in [-0.15, -0.1) is 0 Å². The van der Waals surface area contributed by atoms with Crippen LogP contribution in [-0.2, 0) is 6.18 Å². The number of fused-ring (bicyclic) bond motifs is 3. The van der Waals surface area contributed by atoms with E-state index >= 15 is 0 Å². The average molecular weight is 436 g/mol. The third-order valence-electron chi connectivity index (χ3n) is 5.29. The van der Waals surface area contributed by atoms with Gasteiger partial charge in [0.1, 0.15) is 6.61 Å². The molecule has 0 fully saturated rings. The van der Waals surface area contributed by atoms with Crippen molar-refractivity contribution in [1.82, 2.24) is 4.98 Å². The molecular formula is C20H22F6N2O2. The fraction of sp³-hybridized carbons (Fsp3) is 0.550. The number of nitrogens with zero attached hydrogens (tertiary/aromatic N) is 2. The topological polar surface area (TPSA) is 34.6 Å². The molecule has 0 radical (unpaired) electrons. The molecular weight excluding hydrogens is 414 g/mol. The Hall–Kier alpha value is -2.39. The van der Waals surface area contributed by atoms with Gasteiger partial charge in [-0.2, -0.15) is 26.3 Å². The Morgan fingerprint density at radius 2 is 1.87 bits per heavy atom. The highest BCUT2D eigenvalue weighted by molar-refractivity contribution is 5.95. The molecule has 1 aromatic heterocycles. The SMILES string of the molecule is CCC1(CC(F)(F)F)COc2c(ccc3nc(OC(C)C)cc(C(F)(F)F)c23)N1C. The summed E-state index contributed by atoms with van der Waals surface area (Å²) in [5.74, 6) is -0.314. The van der Waals surface area contributed by atoms with Gasteiger partial charge in [0.25, 0.3) is 0 Å². The van der Waals surface area contributed by atoms with E-state index in [0.717, 1.165) is 6.07 Å². The monoisotopic (exact) mass is 436 g/mol. The van der Waals surface area contributed by atoms with Crippen molar-refractivity contribution in [1.29, 1.82) is 0 Å². The van der Waals surface area contributed by atoms with Crippen molar-refractivity contribution < 1.29 is 35.8 Å². The van der Waals surface area contributed by atoms with Crippen molar-refractivity contribution in [3.05, 3.63) is 23.8 Å². The standard InChI is InChI=1S/C20H22F6N2O2/c1-5-18(9-19(21,22)23)10-29-17-14(28(18)4)7-6-13-16(17)12(20(24,25)26)8-15(27-13)30-11(2)3/h6-8,11H,5,9-10H2,1-4H3. The molecule has 166 valence electrons. The van der Waals surface area contributed by atoms with Crippen molar-refractivity contribution in [2.75, 3.05) is 18.6 Å². The molecule has 0 saturated carbocycles. The van der Waals surface area contributed by atoms with Gasteiger partial charge in [0, 0.05) is 13.1 Å². The van der Waals surface area contributed by atoms with E-state index in [-0.39, 0.29) is 40.7 Å². The van der Waals surface area contributed by atoms with Gasteiger partial charge in [-0.05, 0) is 32.4 Å². The number of hydrogen-bond acceptors (Lipinski definition) is 4. The first kappa shape index (κ1) is 22.3. The Morgan fingerprint density at radius 3 is 2.40 bits per heavy atom. The van der Waals surface area contributed by atoms with Crippen LogP contribution in [0, 0.1) is 0 Å². The number of halogens is 6. The summed E-state index contributed by atoms with van der Waals surface area (Å²) in [5, 5.41) is -0.292. The van der Waals surface area contributed by atoms with Crippen LogP contribution in [-0.4, -0.2) is 36.5 Å². The van der Waals surface area contributed by atoms with Crippen LogP contribution in [0.15, 0.2) is 18.2 Å². The van der Waals surface area contributed by atoms with E-state index in [2.05, 4.69) is 4.98 Å². The van der Waals surface area contributed by atoms with E-state index in [1.54, 1.807) is 20.8 Å². The van der Waals surface area contributed by atoms with Crippen LogP contribution >= 0.6 is 0 Å². The number of likely N-dealkylation sites (N-methyl/N-ethyl adjacent to an activating group) is 1. The van der Waals surface area contributed by atoms with Crippen molar-refractivity contribution in [3.8, 4) is 11.6 Å². The normalized spacial score (nSPS) is 19.8. The molecule has 30 heavy (non-hydrogen) atoms. The molecule has 0 spiro atoms. The summed E-state index contributed by atoms with van der Waals surface area (Å²) < 4.78 is 92.0. The van der Waals surface area contributed by atoms with Gasteiger partial charge in [0.05, 0.1) is 40.2 Å². The van der Waals surface area contributed by atoms with E-state index in [0.29, 0.717) is 0 Å². The fourth-order valence-corrected chi connectivity index (χ4v) is 3.76. The molecule has 2 heterocycles. The minimum Gasteiger partial charge on any atom is -0.488 e. The first-order chi connectivity index (χ1) is 13.8. The maximum absolute atomic E-state index is 13.8. The van der Waals surface area contributed by atoms with Crippen LogP contribution in [0.4, 0.5) is 32.0 Å². The molecule has 1 unspecified atom stereocenters. The maximum Gasteiger partial charge on any atom is 0.417 e. The van der Waals surface area contributed by atoms with Crippen LogP contribution in [0.5, 0.6) is 11.6 Å². The lowest BCUT2D eigenvalue weighted by atomic mass is 9.88. The second-order valence-corrected chi connectivity index (χ2v) is 7.70. The van der Waals surface area contributed by atoms with E-state index in [4.69, 9.17) is 9.47 Å². The van der Waals surface area contributed by atoms with Crippen molar-refractivity contribution in [3.63, 3.8) is 0 Å². The zero-order valence-corrected chi connectivity index (χ0v) is 16.9. The van der Waals surface area contributed by atoms with E-state index in [1.165, 1.54) is 24.1 Å². The van der Waals surface area contributed by atoms with E-state index in [1.807, 2.05) is 0 Å². The minimum atomic E-state index is -4.74. The summed E-state index contributed by atoms with van der Waals surface area (Å²) >= 11 is 0. The summed E-state index contributed by atoms with van der Waals surface area (Å²) in [7, 11) is 1.44. The molecule has 10 heteroatoms. The van der Waals surface area contributed by atoms with Crippen molar-refractivity contribution in [2.24, 2.45) is 0 Å². The molecule has 4 nitrogen and oxygen atoms in total. The molecule has 2 aromatic rings. The number of ether oxygens (including phenoxy) is 2. The number of rotatable bonds is 4. The molecule has 0 amide bonds. The molecule has 0 bridgehead atoms. The highest BCUT2D eigenvalue weighted by Gasteiger charge is 2.48. The van der Waals surface area contributed by atoms with E-state index < -0.39 is 36.5 Å². The molecule has 0 N–H and O–H groups in total. The van der Waals surface area contributed by atoms with Gasteiger partial charge < -0.3 is 14.4 Å². The fourth-order valence-electron chi connectivity index (χ4n) is 3.76. The van der Waals surface area contributed by atoms with Crippen LogP contribution in [0.25, 0.3) is 10.9 Å². The second-order valence-electron chi connectivity index (χ2n) is 7.70. The third kappa shape index (κ3) is 4.09. The molecule has 1 aromatic carbocycles. The first-order valence-electron chi connectivity index (χ1n) is 9.42. The van der Waals surface area contributed by atoms with Gasteiger partial charge in [-0.25, -0.2) is 4.98 Å². The Bertz CT molecular complexity index is 942. The van der Waals surface area contributed by atoms with Crippen LogP contribution in [0.1, 0.15) is 39.2 Å². The van der Waals surface area contributed by atoms with E-state index in [9.17, 15) is 26.3 Å².